The highest BCUT2D eigenvalue weighted by molar-refractivity contribution is 6.30. The lowest BCUT2D eigenvalue weighted by molar-refractivity contribution is 0.155. The van der Waals surface area contributed by atoms with E-state index in [9.17, 15) is 0 Å². The van der Waals surface area contributed by atoms with Gasteiger partial charge in [-0.3, -0.25) is 0 Å². The first kappa shape index (κ1) is 12.5. The summed E-state index contributed by atoms with van der Waals surface area (Å²) < 4.78 is 7.79. The van der Waals surface area contributed by atoms with Crippen molar-refractivity contribution in [1.29, 1.82) is 0 Å². The van der Waals surface area contributed by atoms with E-state index in [4.69, 9.17) is 16.3 Å². The van der Waals surface area contributed by atoms with Gasteiger partial charge in [0.25, 0.3) is 0 Å². The molecule has 1 aliphatic rings. The molecule has 1 aromatic carbocycles. The highest BCUT2D eigenvalue weighted by Gasteiger charge is 2.15. The second kappa shape index (κ2) is 5.66. The van der Waals surface area contributed by atoms with E-state index in [-0.39, 0.29) is 0 Å². The molecule has 0 spiro atoms. The second-order valence-corrected chi connectivity index (χ2v) is 5.41. The minimum atomic E-state index is 0.358. The molecule has 0 amide bonds. The quantitative estimate of drug-likeness (QED) is 0.838. The number of ether oxygens (including phenoxy) is 1. The monoisotopic (exact) mass is 276 g/mol. The van der Waals surface area contributed by atoms with Crippen LogP contribution in [0, 0.1) is 0 Å². The summed E-state index contributed by atoms with van der Waals surface area (Å²) in [6.07, 6.45) is 10.3. The van der Waals surface area contributed by atoms with Gasteiger partial charge in [-0.25, -0.2) is 4.68 Å². The number of hydrogen-bond acceptors (Lipinski definition) is 2. The summed E-state index contributed by atoms with van der Waals surface area (Å²) in [6, 6.07) is 7.61. The molecule has 0 atom stereocenters. The van der Waals surface area contributed by atoms with Gasteiger partial charge in [-0.2, -0.15) is 5.10 Å². The minimum absolute atomic E-state index is 0.358. The van der Waals surface area contributed by atoms with Crippen molar-refractivity contribution in [2.75, 3.05) is 0 Å². The van der Waals surface area contributed by atoms with Crippen molar-refractivity contribution in [2.24, 2.45) is 0 Å². The van der Waals surface area contributed by atoms with Crippen LogP contribution in [0.1, 0.15) is 32.1 Å². The van der Waals surface area contributed by atoms with Crippen molar-refractivity contribution in [2.45, 2.75) is 38.2 Å². The Morgan fingerprint density at radius 3 is 2.58 bits per heavy atom. The summed E-state index contributed by atoms with van der Waals surface area (Å²) in [6.45, 7) is 0. The Balaban J connectivity index is 1.70. The van der Waals surface area contributed by atoms with Crippen LogP contribution < -0.4 is 4.74 Å². The molecule has 1 aliphatic carbocycles. The Morgan fingerprint density at radius 1 is 1.11 bits per heavy atom. The average Bonchev–Trinajstić information content (AvgIpc) is 2.89. The van der Waals surface area contributed by atoms with Crippen molar-refractivity contribution >= 4 is 11.6 Å². The molecule has 4 heteroatoms. The molecular weight excluding hydrogens is 260 g/mol. The molecule has 0 radical (unpaired) electrons. The molecule has 2 aromatic rings. The van der Waals surface area contributed by atoms with E-state index in [2.05, 4.69) is 5.10 Å². The second-order valence-electron chi connectivity index (χ2n) is 4.97. The Morgan fingerprint density at radius 2 is 1.84 bits per heavy atom. The van der Waals surface area contributed by atoms with Crippen LogP contribution in [0.3, 0.4) is 0 Å². The van der Waals surface area contributed by atoms with Crippen LogP contribution in [0.2, 0.25) is 5.02 Å². The Kier molecular flexibility index (Phi) is 3.74. The molecule has 1 heterocycles. The van der Waals surface area contributed by atoms with Crippen LogP contribution in [0.4, 0.5) is 0 Å². The van der Waals surface area contributed by atoms with Crippen LogP contribution >= 0.6 is 11.6 Å². The van der Waals surface area contributed by atoms with Crippen LogP contribution in [0.25, 0.3) is 5.69 Å². The van der Waals surface area contributed by atoms with Gasteiger partial charge in [0.05, 0.1) is 24.2 Å². The van der Waals surface area contributed by atoms with Gasteiger partial charge in [0.15, 0.2) is 5.75 Å². The fourth-order valence-corrected chi connectivity index (χ4v) is 2.60. The standard InChI is InChI=1S/C15H17ClN2O/c16-12-6-8-13(9-7-12)18-11-15(10-17-18)19-14-4-2-1-3-5-14/h6-11,14H,1-5H2. The Labute approximate surface area is 118 Å². The molecule has 0 aliphatic heterocycles. The molecule has 100 valence electrons. The first-order valence-corrected chi connectivity index (χ1v) is 7.16. The molecule has 0 saturated heterocycles. The van der Waals surface area contributed by atoms with Crippen molar-refractivity contribution in [3.8, 4) is 11.4 Å². The molecule has 0 unspecified atom stereocenters. The van der Waals surface area contributed by atoms with Gasteiger partial charge in [-0.15, -0.1) is 0 Å². The van der Waals surface area contributed by atoms with E-state index in [0.717, 1.165) is 29.3 Å². The Hall–Kier alpha value is -1.48. The minimum Gasteiger partial charge on any atom is -0.487 e. The van der Waals surface area contributed by atoms with Crippen molar-refractivity contribution < 1.29 is 4.74 Å². The van der Waals surface area contributed by atoms with E-state index in [1.54, 1.807) is 6.20 Å². The molecule has 19 heavy (non-hydrogen) atoms. The van der Waals surface area contributed by atoms with Gasteiger partial charge in [0.2, 0.25) is 0 Å². The van der Waals surface area contributed by atoms with Crippen LogP contribution in [0.15, 0.2) is 36.7 Å². The van der Waals surface area contributed by atoms with E-state index in [0.29, 0.717) is 6.10 Å². The Bertz CT molecular complexity index is 529. The lowest BCUT2D eigenvalue weighted by Gasteiger charge is -2.21. The van der Waals surface area contributed by atoms with Gasteiger partial charge >= 0.3 is 0 Å². The zero-order chi connectivity index (χ0) is 13.1. The lowest BCUT2D eigenvalue weighted by atomic mass is 9.98. The number of halogens is 1. The van der Waals surface area contributed by atoms with Gasteiger partial charge in [0, 0.05) is 5.02 Å². The predicted molar refractivity (Wildman–Crippen MR) is 76.1 cm³/mol. The summed E-state index contributed by atoms with van der Waals surface area (Å²) in [7, 11) is 0. The van der Waals surface area contributed by atoms with Crippen LogP contribution in [-0.2, 0) is 0 Å². The number of hydrogen-bond donors (Lipinski definition) is 0. The van der Waals surface area contributed by atoms with Crippen molar-refractivity contribution in [1.82, 2.24) is 9.78 Å². The zero-order valence-electron chi connectivity index (χ0n) is 10.8. The summed E-state index contributed by atoms with van der Waals surface area (Å²) in [5, 5.41) is 5.06. The highest BCUT2D eigenvalue weighted by atomic mass is 35.5. The topological polar surface area (TPSA) is 27.1 Å². The third-order valence-corrected chi connectivity index (χ3v) is 3.76. The highest BCUT2D eigenvalue weighted by Crippen LogP contribution is 2.23. The van der Waals surface area contributed by atoms with E-state index < -0.39 is 0 Å². The van der Waals surface area contributed by atoms with Crippen LogP contribution in [-0.4, -0.2) is 15.9 Å². The fraction of sp³-hybridized carbons (Fsp3) is 0.400. The number of benzene rings is 1. The van der Waals surface area contributed by atoms with E-state index in [1.807, 2.05) is 35.1 Å². The maximum atomic E-state index is 5.97. The third-order valence-electron chi connectivity index (χ3n) is 3.51. The SMILES string of the molecule is Clc1ccc(-n2cc(OC3CCCCC3)cn2)cc1. The van der Waals surface area contributed by atoms with E-state index in [1.165, 1.54) is 19.3 Å². The normalized spacial score (nSPS) is 16.5. The van der Waals surface area contributed by atoms with E-state index >= 15 is 0 Å². The summed E-state index contributed by atoms with van der Waals surface area (Å²) in [4.78, 5) is 0. The first-order valence-electron chi connectivity index (χ1n) is 6.78. The maximum Gasteiger partial charge on any atom is 0.158 e. The molecule has 1 saturated carbocycles. The predicted octanol–water partition coefficient (Wildman–Crippen LogP) is 4.24. The number of rotatable bonds is 3. The van der Waals surface area contributed by atoms with Crippen molar-refractivity contribution in [3.63, 3.8) is 0 Å². The van der Waals surface area contributed by atoms with Gasteiger partial charge in [0.1, 0.15) is 0 Å². The summed E-state index contributed by atoms with van der Waals surface area (Å²) in [5.74, 6) is 0.849. The summed E-state index contributed by atoms with van der Waals surface area (Å²) in [5.41, 5.74) is 0.989. The first-order chi connectivity index (χ1) is 9.31. The van der Waals surface area contributed by atoms with Gasteiger partial charge in [-0.05, 0) is 49.9 Å². The van der Waals surface area contributed by atoms with Crippen molar-refractivity contribution in [3.05, 3.63) is 41.7 Å². The largest absolute Gasteiger partial charge is 0.487 e. The lowest BCUT2D eigenvalue weighted by Crippen LogP contribution is -2.19. The molecule has 0 N–H and O–H groups in total. The smallest absolute Gasteiger partial charge is 0.158 e. The van der Waals surface area contributed by atoms with Gasteiger partial charge < -0.3 is 4.74 Å². The molecule has 0 bridgehead atoms. The zero-order valence-corrected chi connectivity index (χ0v) is 11.5. The molecule has 3 nitrogen and oxygen atoms in total. The number of nitrogens with zero attached hydrogens (tertiary/aromatic N) is 2. The molecule has 3 rings (SSSR count). The molecule has 1 fully saturated rings. The fourth-order valence-electron chi connectivity index (χ4n) is 2.48. The van der Waals surface area contributed by atoms with Gasteiger partial charge in [-0.1, -0.05) is 18.0 Å². The van der Waals surface area contributed by atoms with Crippen LogP contribution in [0.5, 0.6) is 5.75 Å². The molecular formula is C15H17ClN2O. The number of aromatic nitrogens is 2. The summed E-state index contributed by atoms with van der Waals surface area (Å²) >= 11 is 5.88. The average molecular weight is 277 g/mol. The maximum absolute atomic E-state index is 5.97. The molecule has 1 aromatic heterocycles. The third kappa shape index (κ3) is 3.10.